The fraction of sp³-hybridized carbons (Fsp3) is 0.857. The molecule has 6 nitrogen and oxygen atoms in total. The van der Waals surface area contributed by atoms with Gasteiger partial charge >= 0.3 is 0 Å². The molecule has 1 saturated carbocycles. The molecule has 1 amide bonds. The van der Waals surface area contributed by atoms with E-state index >= 15 is 0 Å². The van der Waals surface area contributed by atoms with Gasteiger partial charge < -0.3 is 5.32 Å². The first kappa shape index (κ1) is 14.9. The van der Waals surface area contributed by atoms with Crippen molar-refractivity contribution in [1.82, 2.24) is 25.5 Å². The topological polar surface area (TPSA) is 72.7 Å². The molecule has 1 heterocycles. The van der Waals surface area contributed by atoms with Crippen molar-refractivity contribution in [3.63, 3.8) is 0 Å². The predicted octanol–water partition coefficient (Wildman–Crippen LogP) is 1.67. The number of hydrogen-bond acceptors (Lipinski definition) is 4. The minimum Gasteiger partial charge on any atom is -0.354 e. The molecule has 1 aliphatic carbocycles. The lowest BCUT2D eigenvalue weighted by molar-refractivity contribution is -0.122. The summed E-state index contributed by atoms with van der Waals surface area (Å²) in [6.45, 7) is 7.09. The molecule has 2 rings (SSSR count). The molecule has 1 aromatic heterocycles. The fourth-order valence-corrected chi connectivity index (χ4v) is 2.69. The Morgan fingerprint density at radius 1 is 1.30 bits per heavy atom. The van der Waals surface area contributed by atoms with Crippen LogP contribution in [0, 0.1) is 5.92 Å². The molecule has 0 aromatic carbocycles. The molecule has 0 unspecified atom stereocenters. The standard InChI is InChI=1S/C14H25N5O/c1-14(2,3)13-16-17-18-19(13)10-12(20)15-9-11-7-5-4-6-8-11/h11H,4-10H2,1-3H3,(H,15,20). The Kier molecular flexibility index (Phi) is 4.73. The molecule has 0 saturated heterocycles. The number of carbonyl (C=O) groups excluding carboxylic acids is 1. The summed E-state index contributed by atoms with van der Waals surface area (Å²) in [5, 5.41) is 14.6. The predicted molar refractivity (Wildman–Crippen MR) is 76.1 cm³/mol. The van der Waals surface area contributed by atoms with Crippen molar-refractivity contribution in [2.24, 2.45) is 5.92 Å². The van der Waals surface area contributed by atoms with Crippen molar-refractivity contribution in [3.8, 4) is 0 Å². The van der Waals surface area contributed by atoms with Gasteiger partial charge in [0, 0.05) is 12.0 Å². The van der Waals surface area contributed by atoms with Gasteiger partial charge in [-0.3, -0.25) is 4.79 Å². The largest absolute Gasteiger partial charge is 0.354 e. The zero-order chi connectivity index (χ0) is 14.6. The minimum absolute atomic E-state index is 0.00614. The molecule has 1 N–H and O–H groups in total. The first-order valence-electron chi connectivity index (χ1n) is 7.50. The summed E-state index contributed by atoms with van der Waals surface area (Å²) in [6.07, 6.45) is 6.39. The number of aromatic nitrogens is 4. The molecule has 0 radical (unpaired) electrons. The number of nitrogens with one attached hydrogen (secondary N) is 1. The lowest BCUT2D eigenvalue weighted by atomic mass is 9.89. The summed E-state index contributed by atoms with van der Waals surface area (Å²) in [5.74, 6) is 1.38. The van der Waals surface area contributed by atoms with Crippen LogP contribution in [0.15, 0.2) is 0 Å². The number of carbonyl (C=O) groups is 1. The highest BCUT2D eigenvalue weighted by atomic mass is 16.2. The number of rotatable bonds is 4. The summed E-state index contributed by atoms with van der Waals surface area (Å²) in [5.41, 5.74) is -0.160. The Balaban J connectivity index is 1.84. The number of hydrogen-bond donors (Lipinski definition) is 1. The second-order valence-corrected chi connectivity index (χ2v) is 6.72. The molecular weight excluding hydrogens is 254 g/mol. The van der Waals surface area contributed by atoms with Crippen molar-refractivity contribution in [2.75, 3.05) is 6.54 Å². The van der Waals surface area contributed by atoms with Gasteiger partial charge in [0.05, 0.1) is 0 Å². The Morgan fingerprint density at radius 3 is 2.65 bits per heavy atom. The number of nitrogens with zero attached hydrogens (tertiary/aromatic N) is 4. The monoisotopic (exact) mass is 279 g/mol. The van der Waals surface area contributed by atoms with Crippen LogP contribution in [0.25, 0.3) is 0 Å². The van der Waals surface area contributed by atoms with Crippen molar-refractivity contribution < 1.29 is 4.79 Å². The molecule has 0 bridgehead atoms. The van der Waals surface area contributed by atoms with Crippen LogP contribution < -0.4 is 5.32 Å². The third kappa shape index (κ3) is 4.02. The van der Waals surface area contributed by atoms with Gasteiger partial charge in [0.25, 0.3) is 0 Å². The molecule has 1 aliphatic rings. The third-order valence-electron chi connectivity index (χ3n) is 3.81. The van der Waals surface area contributed by atoms with E-state index in [-0.39, 0.29) is 17.9 Å². The molecule has 0 spiro atoms. The molecule has 0 aliphatic heterocycles. The highest BCUT2D eigenvalue weighted by molar-refractivity contribution is 5.75. The van der Waals surface area contributed by atoms with Crippen LogP contribution in [-0.2, 0) is 16.8 Å². The summed E-state index contributed by atoms with van der Waals surface area (Å²) >= 11 is 0. The Labute approximate surface area is 120 Å². The van der Waals surface area contributed by atoms with Crippen LogP contribution in [0.4, 0.5) is 0 Å². The van der Waals surface area contributed by atoms with Crippen molar-refractivity contribution in [1.29, 1.82) is 0 Å². The van der Waals surface area contributed by atoms with Crippen LogP contribution in [0.5, 0.6) is 0 Å². The summed E-state index contributed by atoms with van der Waals surface area (Å²) in [4.78, 5) is 12.0. The van der Waals surface area contributed by atoms with Crippen LogP contribution >= 0.6 is 0 Å². The molecule has 6 heteroatoms. The van der Waals surface area contributed by atoms with Crippen molar-refractivity contribution in [2.45, 2.75) is 64.8 Å². The smallest absolute Gasteiger partial charge is 0.241 e. The normalized spacial score (nSPS) is 17.1. The van der Waals surface area contributed by atoms with Crippen LogP contribution in [-0.4, -0.2) is 32.7 Å². The van der Waals surface area contributed by atoms with E-state index in [0.29, 0.717) is 5.92 Å². The maximum atomic E-state index is 12.0. The van der Waals surface area contributed by atoms with Crippen LogP contribution in [0.3, 0.4) is 0 Å². The maximum absolute atomic E-state index is 12.0. The van der Waals surface area contributed by atoms with Crippen LogP contribution in [0.2, 0.25) is 0 Å². The van der Waals surface area contributed by atoms with E-state index in [0.717, 1.165) is 12.4 Å². The number of tetrazole rings is 1. The zero-order valence-corrected chi connectivity index (χ0v) is 12.7. The van der Waals surface area contributed by atoms with Gasteiger partial charge in [-0.2, -0.15) is 0 Å². The van der Waals surface area contributed by atoms with E-state index in [4.69, 9.17) is 0 Å². The van der Waals surface area contributed by atoms with Crippen molar-refractivity contribution >= 4 is 5.91 Å². The average Bonchev–Trinajstić information content (AvgIpc) is 2.86. The Hall–Kier alpha value is -1.46. The third-order valence-corrected chi connectivity index (χ3v) is 3.81. The SMILES string of the molecule is CC(C)(C)c1nnnn1CC(=O)NCC1CCCCC1. The molecular formula is C14H25N5O. The summed E-state index contributed by atoms with van der Waals surface area (Å²) < 4.78 is 1.59. The van der Waals surface area contributed by atoms with E-state index in [1.165, 1.54) is 32.1 Å². The van der Waals surface area contributed by atoms with Gasteiger partial charge in [0.1, 0.15) is 6.54 Å². The molecule has 0 atom stereocenters. The highest BCUT2D eigenvalue weighted by Gasteiger charge is 2.23. The van der Waals surface area contributed by atoms with Crippen molar-refractivity contribution in [3.05, 3.63) is 5.82 Å². The van der Waals surface area contributed by atoms with Gasteiger partial charge in [-0.25, -0.2) is 4.68 Å². The van der Waals surface area contributed by atoms with Gasteiger partial charge in [-0.15, -0.1) is 5.10 Å². The second kappa shape index (κ2) is 6.33. The second-order valence-electron chi connectivity index (χ2n) is 6.72. The zero-order valence-electron chi connectivity index (χ0n) is 12.7. The van der Waals surface area contributed by atoms with E-state index in [1.807, 2.05) is 20.8 Å². The quantitative estimate of drug-likeness (QED) is 0.910. The highest BCUT2D eigenvalue weighted by Crippen LogP contribution is 2.22. The first-order valence-corrected chi connectivity index (χ1v) is 7.50. The maximum Gasteiger partial charge on any atom is 0.241 e. The Bertz CT molecular complexity index is 443. The van der Waals surface area contributed by atoms with E-state index < -0.39 is 0 Å². The molecule has 20 heavy (non-hydrogen) atoms. The summed E-state index contributed by atoms with van der Waals surface area (Å²) in [6, 6.07) is 0. The number of amides is 1. The van der Waals surface area contributed by atoms with Gasteiger partial charge in [0.2, 0.25) is 5.91 Å². The van der Waals surface area contributed by atoms with E-state index in [2.05, 4.69) is 20.8 Å². The average molecular weight is 279 g/mol. The first-order chi connectivity index (χ1) is 9.47. The molecule has 1 fully saturated rings. The van der Waals surface area contributed by atoms with E-state index in [9.17, 15) is 4.79 Å². The van der Waals surface area contributed by atoms with Crippen LogP contribution in [0.1, 0.15) is 58.7 Å². The molecule has 1 aromatic rings. The Morgan fingerprint density at radius 2 is 2.00 bits per heavy atom. The fourth-order valence-electron chi connectivity index (χ4n) is 2.69. The lowest BCUT2D eigenvalue weighted by Crippen LogP contribution is -2.34. The van der Waals surface area contributed by atoms with E-state index in [1.54, 1.807) is 4.68 Å². The minimum atomic E-state index is -0.160. The molecule has 112 valence electrons. The van der Waals surface area contributed by atoms with Gasteiger partial charge in [-0.1, -0.05) is 40.0 Å². The van der Waals surface area contributed by atoms with Gasteiger partial charge in [-0.05, 0) is 29.2 Å². The summed E-state index contributed by atoms with van der Waals surface area (Å²) in [7, 11) is 0. The lowest BCUT2D eigenvalue weighted by Gasteiger charge is -2.22. The van der Waals surface area contributed by atoms with Gasteiger partial charge in [0.15, 0.2) is 5.82 Å².